The van der Waals surface area contributed by atoms with E-state index in [1.165, 1.54) is 7.11 Å². The van der Waals surface area contributed by atoms with Gasteiger partial charge in [-0.15, -0.1) is 0 Å². The second-order valence-corrected chi connectivity index (χ2v) is 3.57. The number of likely N-dealkylation sites (tertiary alicyclic amines) is 1. The summed E-state index contributed by atoms with van der Waals surface area (Å²) < 4.78 is 15.1. The van der Waals surface area contributed by atoms with Crippen molar-refractivity contribution in [1.29, 1.82) is 0 Å². The Labute approximate surface area is 90.3 Å². The van der Waals surface area contributed by atoms with Crippen molar-refractivity contribution in [3.63, 3.8) is 0 Å². The van der Waals surface area contributed by atoms with E-state index < -0.39 is 0 Å². The van der Waals surface area contributed by atoms with Gasteiger partial charge in [-0.1, -0.05) is 0 Å². The van der Waals surface area contributed by atoms with Gasteiger partial charge in [-0.3, -0.25) is 0 Å². The Bertz CT molecular complexity index is 206. The van der Waals surface area contributed by atoms with Crippen LogP contribution in [0.4, 0.5) is 4.79 Å². The second kappa shape index (κ2) is 5.92. The lowest BCUT2D eigenvalue weighted by Crippen LogP contribution is -2.50. The highest BCUT2D eigenvalue weighted by Gasteiger charge is 2.33. The van der Waals surface area contributed by atoms with E-state index in [0.717, 1.165) is 19.3 Å². The summed E-state index contributed by atoms with van der Waals surface area (Å²) in [6, 6.07) is -0.0406. The smallest absolute Gasteiger partial charge is 0.409 e. The fourth-order valence-corrected chi connectivity index (χ4v) is 1.99. The maximum Gasteiger partial charge on any atom is 0.409 e. The van der Waals surface area contributed by atoms with Gasteiger partial charge in [0, 0.05) is 20.8 Å². The predicted octanol–water partition coefficient (Wildman–Crippen LogP) is 1.23. The summed E-state index contributed by atoms with van der Waals surface area (Å²) in [5.41, 5.74) is 0. The Morgan fingerprint density at radius 1 is 1.27 bits per heavy atom. The van der Waals surface area contributed by atoms with Crippen LogP contribution in [0.15, 0.2) is 0 Å². The quantitative estimate of drug-likeness (QED) is 0.667. The number of carbonyl (C=O) groups is 1. The molecule has 0 aliphatic carbocycles. The Balaban J connectivity index is 2.68. The lowest BCUT2D eigenvalue weighted by atomic mass is 10.0. The first-order valence-electron chi connectivity index (χ1n) is 5.14. The Morgan fingerprint density at radius 2 is 1.93 bits per heavy atom. The fourth-order valence-electron chi connectivity index (χ4n) is 1.99. The van der Waals surface area contributed by atoms with Crippen molar-refractivity contribution in [1.82, 2.24) is 4.90 Å². The molecule has 0 unspecified atom stereocenters. The first-order chi connectivity index (χ1) is 7.24. The number of nitrogens with zero attached hydrogens (tertiary/aromatic N) is 1. The molecule has 1 amide bonds. The number of hydrogen-bond acceptors (Lipinski definition) is 4. The summed E-state index contributed by atoms with van der Waals surface area (Å²) in [4.78, 5) is 13.2. The Morgan fingerprint density at radius 3 is 2.47 bits per heavy atom. The molecule has 0 radical (unpaired) electrons. The Hall–Kier alpha value is -0.810. The molecular formula is C10H19NO4. The van der Waals surface area contributed by atoms with Crippen LogP contribution in [-0.2, 0) is 14.2 Å². The molecule has 15 heavy (non-hydrogen) atoms. The van der Waals surface area contributed by atoms with Gasteiger partial charge in [0.25, 0.3) is 0 Å². The van der Waals surface area contributed by atoms with Crippen LogP contribution in [0.2, 0.25) is 0 Å². The van der Waals surface area contributed by atoms with Gasteiger partial charge in [0.1, 0.15) is 0 Å². The normalized spacial score (nSPS) is 21.9. The second-order valence-electron chi connectivity index (χ2n) is 3.57. The van der Waals surface area contributed by atoms with Gasteiger partial charge >= 0.3 is 6.09 Å². The first-order valence-corrected chi connectivity index (χ1v) is 5.14. The van der Waals surface area contributed by atoms with Gasteiger partial charge in [-0.25, -0.2) is 4.79 Å². The van der Waals surface area contributed by atoms with E-state index in [4.69, 9.17) is 14.2 Å². The lowest BCUT2D eigenvalue weighted by Gasteiger charge is -2.37. The van der Waals surface area contributed by atoms with Crippen molar-refractivity contribution in [3.05, 3.63) is 0 Å². The van der Waals surface area contributed by atoms with Crippen molar-refractivity contribution in [2.75, 3.05) is 27.9 Å². The SMILES string of the molecule is COC(=O)N1CCCC[C@H]1C(OC)OC. The zero-order valence-corrected chi connectivity index (χ0v) is 9.56. The van der Waals surface area contributed by atoms with Crippen molar-refractivity contribution < 1.29 is 19.0 Å². The van der Waals surface area contributed by atoms with Crippen molar-refractivity contribution >= 4 is 6.09 Å². The minimum absolute atomic E-state index is 0.0406. The molecule has 5 nitrogen and oxygen atoms in total. The molecule has 0 N–H and O–H groups in total. The van der Waals surface area contributed by atoms with Gasteiger partial charge in [0.2, 0.25) is 0 Å². The number of hydrogen-bond donors (Lipinski definition) is 0. The molecule has 1 heterocycles. The fraction of sp³-hybridized carbons (Fsp3) is 0.900. The maximum atomic E-state index is 11.5. The molecule has 1 aliphatic rings. The van der Waals surface area contributed by atoms with Crippen LogP contribution in [-0.4, -0.2) is 51.2 Å². The van der Waals surface area contributed by atoms with Crippen molar-refractivity contribution in [2.24, 2.45) is 0 Å². The van der Waals surface area contributed by atoms with Crippen LogP contribution in [0.3, 0.4) is 0 Å². The molecule has 1 fully saturated rings. The summed E-state index contributed by atoms with van der Waals surface area (Å²) in [6.45, 7) is 0.709. The highest BCUT2D eigenvalue weighted by Crippen LogP contribution is 2.22. The van der Waals surface area contributed by atoms with E-state index in [-0.39, 0.29) is 18.4 Å². The van der Waals surface area contributed by atoms with Gasteiger partial charge < -0.3 is 19.1 Å². The average Bonchev–Trinajstić information content (AvgIpc) is 2.30. The number of piperidine rings is 1. The molecule has 0 saturated carbocycles. The molecule has 0 bridgehead atoms. The van der Waals surface area contributed by atoms with Gasteiger partial charge in [-0.05, 0) is 19.3 Å². The summed E-state index contributed by atoms with van der Waals surface area (Å²) in [6.07, 6.45) is 2.30. The number of rotatable bonds is 3. The van der Waals surface area contributed by atoms with Gasteiger partial charge in [0.05, 0.1) is 13.2 Å². The third kappa shape index (κ3) is 2.82. The van der Waals surface area contributed by atoms with Gasteiger partial charge in [0.15, 0.2) is 6.29 Å². The molecular weight excluding hydrogens is 198 g/mol. The lowest BCUT2D eigenvalue weighted by molar-refractivity contribution is -0.148. The zero-order chi connectivity index (χ0) is 11.3. The molecule has 1 aliphatic heterocycles. The zero-order valence-electron chi connectivity index (χ0n) is 9.56. The monoisotopic (exact) mass is 217 g/mol. The minimum atomic E-state index is -0.371. The summed E-state index contributed by atoms with van der Waals surface area (Å²) in [7, 11) is 4.55. The van der Waals surface area contributed by atoms with Crippen LogP contribution in [0.5, 0.6) is 0 Å². The third-order valence-corrected chi connectivity index (χ3v) is 2.74. The largest absolute Gasteiger partial charge is 0.453 e. The summed E-state index contributed by atoms with van der Waals surface area (Å²) >= 11 is 0. The molecule has 0 aromatic rings. The van der Waals surface area contributed by atoms with Crippen molar-refractivity contribution in [3.8, 4) is 0 Å². The minimum Gasteiger partial charge on any atom is -0.453 e. The summed E-state index contributed by atoms with van der Waals surface area (Å²) in [5.74, 6) is 0. The third-order valence-electron chi connectivity index (χ3n) is 2.74. The topological polar surface area (TPSA) is 48.0 Å². The number of ether oxygens (including phenoxy) is 3. The van der Waals surface area contributed by atoms with E-state index >= 15 is 0 Å². The van der Waals surface area contributed by atoms with E-state index in [2.05, 4.69) is 0 Å². The molecule has 0 spiro atoms. The van der Waals surface area contributed by atoms with Crippen LogP contribution < -0.4 is 0 Å². The van der Waals surface area contributed by atoms with Crippen LogP contribution in [0.1, 0.15) is 19.3 Å². The predicted molar refractivity (Wildman–Crippen MR) is 54.6 cm³/mol. The van der Waals surface area contributed by atoms with E-state index in [0.29, 0.717) is 6.54 Å². The molecule has 0 aromatic carbocycles. The molecule has 1 rings (SSSR count). The molecule has 0 aromatic heterocycles. The van der Waals surface area contributed by atoms with E-state index in [1.54, 1.807) is 19.1 Å². The average molecular weight is 217 g/mol. The number of methoxy groups -OCH3 is 3. The molecule has 88 valence electrons. The molecule has 5 heteroatoms. The molecule has 1 atom stereocenters. The van der Waals surface area contributed by atoms with Crippen molar-refractivity contribution in [2.45, 2.75) is 31.6 Å². The van der Waals surface area contributed by atoms with Gasteiger partial charge in [-0.2, -0.15) is 0 Å². The Kier molecular flexibility index (Phi) is 4.84. The van der Waals surface area contributed by atoms with Crippen LogP contribution in [0, 0.1) is 0 Å². The number of amides is 1. The van der Waals surface area contributed by atoms with E-state index in [1.807, 2.05) is 0 Å². The maximum absolute atomic E-state index is 11.5. The first kappa shape index (κ1) is 12.3. The summed E-state index contributed by atoms with van der Waals surface area (Å²) in [5, 5.41) is 0. The number of carbonyl (C=O) groups excluding carboxylic acids is 1. The van der Waals surface area contributed by atoms with E-state index in [9.17, 15) is 4.79 Å². The highest BCUT2D eigenvalue weighted by atomic mass is 16.7. The van der Waals surface area contributed by atoms with Crippen LogP contribution >= 0.6 is 0 Å². The standard InChI is InChI=1S/C10H19NO4/c1-13-9(14-2)8-6-4-5-7-11(8)10(12)15-3/h8-9H,4-7H2,1-3H3/t8-/m0/s1. The molecule has 1 saturated heterocycles. The van der Waals surface area contributed by atoms with Crippen LogP contribution in [0.25, 0.3) is 0 Å². The highest BCUT2D eigenvalue weighted by molar-refractivity contribution is 5.68.